The predicted molar refractivity (Wildman–Crippen MR) is 93.8 cm³/mol. The minimum absolute atomic E-state index is 0.0420. The van der Waals surface area contributed by atoms with Crippen LogP contribution in [0.1, 0.15) is 12.5 Å². The van der Waals surface area contributed by atoms with Gasteiger partial charge in [0, 0.05) is 5.92 Å². The van der Waals surface area contributed by atoms with Crippen molar-refractivity contribution in [3.8, 4) is 5.88 Å². The summed E-state index contributed by atoms with van der Waals surface area (Å²) in [6, 6.07) is -0.308. The van der Waals surface area contributed by atoms with E-state index in [4.69, 9.17) is 37.5 Å². The van der Waals surface area contributed by atoms with Crippen molar-refractivity contribution < 1.29 is 18.9 Å². The van der Waals surface area contributed by atoms with Gasteiger partial charge in [0.15, 0.2) is 11.2 Å². The fourth-order valence-electron chi connectivity index (χ4n) is 2.99. The SMILES string of the molecule is C=C1[C@H](COP(=O)(Cl)Cl)[C@@H](O)C[C@@H]1n1cnc2c(OC)nc(N)nc21. The van der Waals surface area contributed by atoms with Gasteiger partial charge in [-0.3, -0.25) is 4.57 Å². The Bertz CT molecular complexity index is 869. The predicted octanol–water partition coefficient (Wildman–Crippen LogP) is 2.50. The second-order valence-electron chi connectivity index (χ2n) is 5.63. The summed E-state index contributed by atoms with van der Waals surface area (Å²) >= 11 is 10.8. The van der Waals surface area contributed by atoms with Gasteiger partial charge in [0.1, 0.15) is 0 Å². The first kappa shape index (κ1) is 18.4. The third kappa shape index (κ3) is 3.61. The minimum atomic E-state index is -3.69. The molecule has 2 aromatic heterocycles. The Hall–Kier alpha value is -1.38. The number of hydrogen-bond acceptors (Lipinski definition) is 8. The monoisotopic (exact) mass is 407 g/mol. The van der Waals surface area contributed by atoms with Crippen LogP contribution in [0.15, 0.2) is 18.5 Å². The van der Waals surface area contributed by atoms with Gasteiger partial charge in [-0.05, 0) is 34.5 Å². The van der Waals surface area contributed by atoms with Crippen molar-refractivity contribution in [2.45, 2.75) is 18.6 Å². The van der Waals surface area contributed by atoms with Gasteiger partial charge in [0.2, 0.25) is 11.8 Å². The highest BCUT2D eigenvalue weighted by Crippen LogP contribution is 2.58. The van der Waals surface area contributed by atoms with Gasteiger partial charge < -0.3 is 24.7 Å². The van der Waals surface area contributed by atoms with Crippen LogP contribution >= 0.6 is 28.6 Å². The molecule has 0 bridgehead atoms. The molecule has 3 N–H and O–H groups in total. The molecule has 0 amide bonds. The zero-order chi connectivity index (χ0) is 18.4. The average Bonchev–Trinajstić information content (AvgIpc) is 3.05. The number of halogens is 2. The van der Waals surface area contributed by atoms with E-state index in [0.29, 0.717) is 23.2 Å². The molecule has 0 saturated heterocycles. The molecule has 0 radical (unpaired) electrons. The van der Waals surface area contributed by atoms with Gasteiger partial charge in [0.25, 0.3) is 0 Å². The number of nitrogens with zero attached hydrogens (tertiary/aromatic N) is 4. The molecule has 3 atom stereocenters. The number of aliphatic hydroxyl groups is 1. The zero-order valence-electron chi connectivity index (χ0n) is 13.2. The highest BCUT2D eigenvalue weighted by molar-refractivity contribution is 8.05. The average molecular weight is 408 g/mol. The molecule has 1 aliphatic rings. The number of imidazole rings is 1. The molecule has 1 aliphatic carbocycles. The summed E-state index contributed by atoms with van der Waals surface area (Å²) in [6.07, 6.45) is -2.55. The number of hydrogen-bond donors (Lipinski definition) is 2. The van der Waals surface area contributed by atoms with E-state index in [1.54, 1.807) is 10.9 Å². The van der Waals surface area contributed by atoms with Crippen LogP contribution in [0.25, 0.3) is 11.2 Å². The number of aromatic nitrogens is 4. The highest BCUT2D eigenvalue weighted by Gasteiger charge is 2.39. The summed E-state index contributed by atoms with van der Waals surface area (Å²) in [5, 5.41) is 10.3. The lowest BCUT2D eigenvalue weighted by atomic mass is 10.0. The van der Waals surface area contributed by atoms with Crippen LogP contribution in [0.4, 0.5) is 5.95 Å². The minimum Gasteiger partial charge on any atom is -0.479 e. The van der Waals surface area contributed by atoms with E-state index in [2.05, 4.69) is 21.5 Å². The summed E-state index contributed by atoms with van der Waals surface area (Å²) in [4.78, 5) is 12.4. The topological polar surface area (TPSA) is 125 Å². The summed E-state index contributed by atoms with van der Waals surface area (Å²) < 4.78 is 23.2. The number of nitrogens with two attached hydrogens (primary N) is 1. The van der Waals surface area contributed by atoms with E-state index in [9.17, 15) is 9.67 Å². The molecule has 2 heterocycles. The quantitative estimate of drug-likeness (QED) is 0.571. The number of fused-ring (bicyclic) bond motifs is 1. The second kappa shape index (κ2) is 6.74. The van der Waals surface area contributed by atoms with Crippen molar-refractivity contribution in [1.29, 1.82) is 0 Å². The van der Waals surface area contributed by atoms with Crippen molar-refractivity contribution in [2.75, 3.05) is 19.5 Å². The van der Waals surface area contributed by atoms with E-state index >= 15 is 0 Å². The molecule has 1 fully saturated rings. The molecule has 12 heteroatoms. The number of nitrogen functional groups attached to an aromatic ring is 1. The second-order valence-corrected chi connectivity index (χ2v) is 9.90. The Morgan fingerprint density at radius 3 is 2.88 bits per heavy atom. The molecule has 3 rings (SSSR count). The fraction of sp³-hybridized carbons (Fsp3) is 0.462. The summed E-state index contributed by atoms with van der Waals surface area (Å²) in [7, 11) is 1.46. The van der Waals surface area contributed by atoms with Gasteiger partial charge in [-0.2, -0.15) is 9.97 Å². The van der Waals surface area contributed by atoms with Crippen molar-refractivity contribution in [1.82, 2.24) is 19.5 Å². The molecule has 136 valence electrons. The third-order valence-electron chi connectivity index (χ3n) is 4.17. The number of anilines is 1. The molecule has 0 spiro atoms. The lowest BCUT2D eigenvalue weighted by Gasteiger charge is -2.18. The first-order valence-corrected chi connectivity index (χ1v) is 10.7. The summed E-state index contributed by atoms with van der Waals surface area (Å²) in [6.45, 7) is 3.92. The van der Waals surface area contributed by atoms with Crippen LogP contribution in [0.5, 0.6) is 5.88 Å². The molecule has 0 unspecified atom stereocenters. The van der Waals surface area contributed by atoms with Crippen LogP contribution in [0.3, 0.4) is 0 Å². The standard InChI is InChI=1S/C13H16Cl2N5O4P/c1-6-7(4-24-25(14,15)22)9(21)3-8(6)20-5-17-10-11(20)18-13(16)19-12(10)23-2/h5,7-9,21H,1,3-4H2,2H3,(H2,16,18,19)/t7-,8-,9-/m0/s1. The molecule has 9 nitrogen and oxygen atoms in total. The number of aliphatic hydroxyl groups excluding tert-OH is 1. The molecule has 0 aromatic carbocycles. The van der Waals surface area contributed by atoms with Gasteiger partial charge in [-0.15, -0.1) is 0 Å². The van der Waals surface area contributed by atoms with Crippen molar-refractivity contribution in [3.05, 3.63) is 18.5 Å². The summed E-state index contributed by atoms with van der Waals surface area (Å²) in [5.74, 6) is -0.176. The van der Waals surface area contributed by atoms with Gasteiger partial charge in [0.05, 0.1) is 32.2 Å². The van der Waals surface area contributed by atoms with E-state index in [1.165, 1.54) is 7.11 Å². The number of ether oxygens (including phenoxy) is 1. The van der Waals surface area contributed by atoms with Crippen molar-refractivity contribution in [2.24, 2.45) is 5.92 Å². The Kier molecular flexibility index (Phi) is 4.96. The maximum Gasteiger partial charge on any atom is 0.380 e. The Balaban J connectivity index is 1.93. The molecule has 25 heavy (non-hydrogen) atoms. The smallest absolute Gasteiger partial charge is 0.380 e. The largest absolute Gasteiger partial charge is 0.479 e. The zero-order valence-corrected chi connectivity index (χ0v) is 15.6. The van der Waals surface area contributed by atoms with Gasteiger partial charge in [-0.1, -0.05) is 6.58 Å². The van der Waals surface area contributed by atoms with Crippen LogP contribution < -0.4 is 10.5 Å². The Morgan fingerprint density at radius 2 is 2.24 bits per heavy atom. The van der Waals surface area contributed by atoms with Gasteiger partial charge in [-0.25, -0.2) is 4.98 Å². The van der Waals surface area contributed by atoms with Crippen LogP contribution in [-0.4, -0.2) is 44.4 Å². The van der Waals surface area contributed by atoms with Gasteiger partial charge >= 0.3 is 6.07 Å². The number of methoxy groups -OCH3 is 1. The van der Waals surface area contributed by atoms with Crippen LogP contribution in [-0.2, 0) is 9.09 Å². The summed E-state index contributed by atoms with van der Waals surface area (Å²) in [5.41, 5.74) is 7.28. The lowest BCUT2D eigenvalue weighted by Crippen LogP contribution is -2.18. The van der Waals surface area contributed by atoms with E-state index in [1.807, 2.05) is 0 Å². The molecular formula is C13H16Cl2N5O4P. The lowest BCUT2D eigenvalue weighted by molar-refractivity contribution is 0.111. The third-order valence-corrected chi connectivity index (χ3v) is 5.21. The number of rotatable bonds is 5. The molecule has 1 saturated carbocycles. The van der Waals surface area contributed by atoms with Crippen LogP contribution in [0.2, 0.25) is 0 Å². The van der Waals surface area contributed by atoms with E-state index < -0.39 is 18.1 Å². The van der Waals surface area contributed by atoms with Crippen LogP contribution in [0, 0.1) is 5.92 Å². The highest BCUT2D eigenvalue weighted by atomic mass is 35.9. The van der Waals surface area contributed by atoms with Crippen molar-refractivity contribution >= 4 is 45.7 Å². The Morgan fingerprint density at radius 1 is 1.52 bits per heavy atom. The molecule has 0 aliphatic heterocycles. The van der Waals surface area contributed by atoms with Crippen molar-refractivity contribution in [3.63, 3.8) is 0 Å². The fourth-order valence-corrected chi connectivity index (χ4v) is 3.67. The first-order valence-electron chi connectivity index (χ1n) is 7.26. The normalized spacial score (nSPS) is 24.2. The maximum absolute atomic E-state index is 11.3. The first-order chi connectivity index (χ1) is 11.7. The molecular weight excluding hydrogens is 392 g/mol. The maximum atomic E-state index is 11.3. The molecule has 2 aromatic rings. The van der Waals surface area contributed by atoms with E-state index in [0.717, 1.165) is 0 Å². The Labute approximate surface area is 152 Å². The van der Waals surface area contributed by atoms with E-state index in [-0.39, 0.29) is 24.5 Å².